The van der Waals surface area contributed by atoms with Gasteiger partial charge >= 0.3 is 0 Å². The molecule has 17 heavy (non-hydrogen) atoms. The van der Waals surface area contributed by atoms with E-state index in [-0.39, 0.29) is 5.78 Å². The summed E-state index contributed by atoms with van der Waals surface area (Å²) in [4.78, 5) is 11.4. The summed E-state index contributed by atoms with van der Waals surface area (Å²) in [7, 11) is 0. The van der Waals surface area contributed by atoms with E-state index < -0.39 is 0 Å². The summed E-state index contributed by atoms with van der Waals surface area (Å²) in [6.45, 7) is 3.79. The quantitative estimate of drug-likeness (QED) is 0.695. The molecular formula is C16H12O. The average molecular weight is 220 g/mol. The summed E-state index contributed by atoms with van der Waals surface area (Å²) < 4.78 is 0. The highest BCUT2D eigenvalue weighted by atomic mass is 16.1. The Morgan fingerprint density at radius 2 is 1.94 bits per heavy atom. The lowest BCUT2D eigenvalue weighted by Gasteiger charge is -2.10. The van der Waals surface area contributed by atoms with E-state index >= 15 is 0 Å². The van der Waals surface area contributed by atoms with Gasteiger partial charge in [0.2, 0.25) is 0 Å². The first-order chi connectivity index (χ1) is 8.29. The highest BCUT2D eigenvalue weighted by molar-refractivity contribution is 6.17. The summed E-state index contributed by atoms with van der Waals surface area (Å²) in [5.74, 6) is 0.0636. The van der Waals surface area contributed by atoms with Crippen molar-refractivity contribution in [2.24, 2.45) is 0 Å². The first kappa shape index (κ1) is 10.0. The van der Waals surface area contributed by atoms with Crippen LogP contribution in [-0.2, 0) is 4.79 Å². The van der Waals surface area contributed by atoms with Gasteiger partial charge in [-0.3, -0.25) is 4.79 Å². The number of ketones is 1. The Kier molecular flexibility index (Phi) is 2.19. The van der Waals surface area contributed by atoms with Crippen molar-refractivity contribution in [1.82, 2.24) is 0 Å². The maximum absolute atomic E-state index is 11.4. The minimum atomic E-state index is 0.0636. The van der Waals surface area contributed by atoms with E-state index in [0.717, 1.165) is 17.2 Å². The molecule has 0 radical (unpaired) electrons. The summed E-state index contributed by atoms with van der Waals surface area (Å²) in [6.07, 6.45) is 12.3. The zero-order chi connectivity index (χ0) is 11.8. The zero-order valence-corrected chi connectivity index (χ0v) is 9.44. The van der Waals surface area contributed by atoms with Crippen molar-refractivity contribution in [3.05, 3.63) is 58.5 Å². The monoisotopic (exact) mass is 220 g/mol. The predicted octanol–water partition coefficient (Wildman–Crippen LogP) is 1.82. The summed E-state index contributed by atoms with van der Waals surface area (Å²) >= 11 is 0. The Balaban J connectivity index is 2.30. The van der Waals surface area contributed by atoms with Crippen molar-refractivity contribution in [3.63, 3.8) is 0 Å². The SMILES string of the molecule is C=CCC1=CC=c2ccc3c(c21)C=CC(=O)C=3. The molecule has 2 aliphatic carbocycles. The Morgan fingerprint density at radius 1 is 1.12 bits per heavy atom. The second-order valence-electron chi connectivity index (χ2n) is 4.26. The molecule has 1 heteroatoms. The van der Waals surface area contributed by atoms with Gasteiger partial charge in [0.1, 0.15) is 0 Å². The predicted molar refractivity (Wildman–Crippen MR) is 71.5 cm³/mol. The van der Waals surface area contributed by atoms with Gasteiger partial charge in [0.15, 0.2) is 5.78 Å². The number of rotatable bonds is 2. The summed E-state index contributed by atoms with van der Waals surface area (Å²) in [6, 6.07) is 4.08. The molecule has 0 spiro atoms. The molecular weight excluding hydrogens is 208 g/mol. The van der Waals surface area contributed by atoms with Crippen LogP contribution in [0.3, 0.4) is 0 Å². The van der Waals surface area contributed by atoms with Gasteiger partial charge in [-0.1, -0.05) is 30.4 Å². The molecule has 0 saturated carbocycles. The number of fused-ring (bicyclic) bond motifs is 3. The number of carbonyl (C=O) groups excluding carboxylic acids is 1. The molecule has 0 atom stereocenters. The second-order valence-corrected chi connectivity index (χ2v) is 4.26. The minimum Gasteiger partial charge on any atom is -0.290 e. The van der Waals surface area contributed by atoms with E-state index in [1.165, 1.54) is 16.4 Å². The highest BCUT2D eigenvalue weighted by Gasteiger charge is 2.13. The van der Waals surface area contributed by atoms with Crippen molar-refractivity contribution in [1.29, 1.82) is 0 Å². The lowest BCUT2D eigenvalue weighted by molar-refractivity contribution is -0.109. The smallest absolute Gasteiger partial charge is 0.179 e. The van der Waals surface area contributed by atoms with Crippen molar-refractivity contribution in [2.75, 3.05) is 0 Å². The normalized spacial score (nSPS) is 15.5. The zero-order valence-electron chi connectivity index (χ0n) is 9.44. The van der Waals surface area contributed by atoms with Crippen LogP contribution in [0.2, 0.25) is 0 Å². The van der Waals surface area contributed by atoms with E-state index in [4.69, 9.17) is 0 Å². The number of allylic oxidation sites excluding steroid dienone is 4. The maximum Gasteiger partial charge on any atom is 0.179 e. The van der Waals surface area contributed by atoms with Gasteiger partial charge in [-0.25, -0.2) is 0 Å². The third kappa shape index (κ3) is 1.51. The van der Waals surface area contributed by atoms with Crippen LogP contribution < -0.4 is 10.4 Å². The summed E-state index contributed by atoms with van der Waals surface area (Å²) in [5.41, 5.74) is 3.69. The summed E-state index contributed by atoms with van der Waals surface area (Å²) in [5, 5.41) is 2.24. The molecule has 0 amide bonds. The second kappa shape index (κ2) is 3.70. The standard InChI is InChI=1S/C16H12O/c1-2-3-11-4-5-12-6-7-13-10-14(17)8-9-15(13)16(11)12/h2,4-10H,1,3H2. The molecule has 0 aromatic heterocycles. The Bertz CT molecular complexity index is 700. The minimum absolute atomic E-state index is 0.0636. The van der Waals surface area contributed by atoms with E-state index in [9.17, 15) is 4.79 Å². The van der Waals surface area contributed by atoms with E-state index in [1.54, 1.807) is 12.2 Å². The van der Waals surface area contributed by atoms with Crippen LogP contribution in [0.25, 0.3) is 23.8 Å². The van der Waals surface area contributed by atoms with Crippen LogP contribution in [0.4, 0.5) is 0 Å². The third-order valence-electron chi connectivity index (χ3n) is 3.17. The number of hydrogen-bond acceptors (Lipinski definition) is 1. The maximum atomic E-state index is 11.4. The molecule has 0 saturated heterocycles. The van der Waals surface area contributed by atoms with Gasteiger partial charge < -0.3 is 0 Å². The van der Waals surface area contributed by atoms with E-state index in [0.29, 0.717) is 0 Å². The molecule has 1 nitrogen and oxygen atoms in total. The van der Waals surface area contributed by atoms with Crippen molar-refractivity contribution < 1.29 is 4.79 Å². The Morgan fingerprint density at radius 3 is 2.76 bits per heavy atom. The molecule has 0 unspecified atom stereocenters. The molecule has 0 aliphatic heterocycles. The van der Waals surface area contributed by atoms with E-state index in [1.807, 2.05) is 18.2 Å². The fourth-order valence-corrected chi connectivity index (χ4v) is 2.42. The van der Waals surface area contributed by atoms with Crippen molar-refractivity contribution in [3.8, 4) is 0 Å². The fraction of sp³-hybridized carbons (Fsp3) is 0.0625. The number of hydrogen-bond donors (Lipinski definition) is 0. The lowest BCUT2D eigenvalue weighted by atomic mass is 9.94. The number of carbonyl (C=O) groups is 1. The van der Waals surface area contributed by atoms with Crippen LogP contribution in [0.15, 0.2) is 36.9 Å². The molecule has 1 aromatic rings. The average Bonchev–Trinajstić information content (AvgIpc) is 2.73. The van der Waals surface area contributed by atoms with Gasteiger partial charge in [-0.15, -0.1) is 6.58 Å². The van der Waals surface area contributed by atoms with Crippen LogP contribution in [0.5, 0.6) is 0 Å². The van der Waals surface area contributed by atoms with Gasteiger partial charge in [0, 0.05) is 0 Å². The third-order valence-corrected chi connectivity index (χ3v) is 3.17. The van der Waals surface area contributed by atoms with Crippen LogP contribution in [0, 0.1) is 0 Å². The first-order valence-electron chi connectivity index (χ1n) is 5.68. The molecule has 2 aliphatic rings. The van der Waals surface area contributed by atoms with Crippen molar-refractivity contribution >= 4 is 29.6 Å². The largest absolute Gasteiger partial charge is 0.290 e. The molecule has 0 bridgehead atoms. The van der Waals surface area contributed by atoms with Crippen LogP contribution in [0.1, 0.15) is 17.5 Å². The Hall–Kier alpha value is -2.15. The fourth-order valence-electron chi connectivity index (χ4n) is 2.42. The topological polar surface area (TPSA) is 17.1 Å². The van der Waals surface area contributed by atoms with Gasteiger partial charge in [-0.2, -0.15) is 0 Å². The molecule has 82 valence electrons. The van der Waals surface area contributed by atoms with Crippen molar-refractivity contribution in [2.45, 2.75) is 6.42 Å². The van der Waals surface area contributed by atoms with Gasteiger partial charge in [0.05, 0.1) is 0 Å². The Labute approximate surface area is 99.8 Å². The van der Waals surface area contributed by atoms with Crippen LogP contribution >= 0.6 is 0 Å². The highest BCUT2D eigenvalue weighted by Crippen LogP contribution is 2.23. The molecule has 3 rings (SSSR count). The first-order valence-corrected chi connectivity index (χ1v) is 5.68. The lowest BCUT2D eigenvalue weighted by Crippen LogP contribution is -2.20. The molecule has 0 N–H and O–H groups in total. The van der Waals surface area contributed by atoms with Crippen LogP contribution in [-0.4, -0.2) is 5.78 Å². The van der Waals surface area contributed by atoms with Gasteiger partial charge in [0.25, 0.3) is 0 Å². The molecule has 0 fully saturated rings. The molecule has 1 aromatic carbocycles. The molecule has 0 heterocycles. The number of benzene rings is 1. The van der Waals surface area contributed by atoms with E-state index in [2.05, 4.69) is 24.8 Å². The van der Waals surface area contributed by atoms with Gasteiger partial charge in [-0.05, 0) is 51.8 Å².